The Labute approximate surface area is 157 Å². The molecule has 0 saturated heterocycles. The Morgan fingerprint density at radius 1 is 1.04 bits per heavy atom. The van der Waals surface area contributed by atoms with Gasteiger partial charge in [0.25, 0.3) is 0 Å². The maximum absolute atomic E-state index is 12.8. The van der Waals surface area contributed by atoms with Gasteiger partial charge in [0.1, 0.15) is 0 Å². The lowest BCUT2D eigenvalue weighted by Gasteiger charge is -2.11. The van der Waals surface area contributed by atoms with E-state index in [-0.39, 0.29) is 5.78 Å². The molecule has 2 aromatic rings. The number of carbonyl (C=O) groups is 1. The van der Waals surface area contributed by atoms with Gasteiger partial charge in [-0.2, -0.15) is 0 Å². The number of Topliss-reactive ketones (excluding diaryl/α,β-unsaturated/α-hetero) is 1. The molecule has 3 nitrogen and oxygen atoms in total. The number of carbonyl (C=O) groups excluding carboxylic acids is 1. The minimum atomic E-state index is 0.162. The molecule has 0 radical (unpaired) electrons. The summed E-state index contributed by atoms with van der Waals surface area (Å²) in [5, 5.41) is 0. The molecule has 0 aliphatic rings. The number of nitrogens with zero attached hydrogens (tertiary/aromatic N) is 2. The minimum absolute atomic E-state index is 0.162. The van der Waals surface area contributed by atoms with Gasteiger partial charge in [-0.3, -0.25) is 4.79 Å². The second kappa shape index (κ2) is 9.33. The Kier molecular flexibility index (Phi) is 7.14. The summed E-state index contributed by atoms with van der Waals surface area (Å²) in [4.78, 5) is 19.3. The quantitative estimate of drug-likeness (QED) is 0.368. The molecule has 0 heterocycles. The lowest BCUT2D eigenvalue weighted by Crippen LogP contribution is -2.14. The minimum Gasteiger partial charge on any atom is -0.366 e. The third-order valence-corrected chi connectivity index (χ3v) is 4.66. The highest BCUT2D eigenvalue weighted by Crippen LogP contribution is 2.24. The number of hydrogen-bond acceptors (Lipinski definition) is 2. The fraction of sp³-hybridized carbons (Fsp3) is 0.391. The van der Waals surface area contributed by atoms with Crippen molar-refractivity contribution in [2.24, 2.45) is 4.99 Å². The van der Waals surface area contributed by atoms with Crippen molar-refractivity contribution < 1.29 is 4.79 Å². The van der Waals surface area contributed by atoms with E-state index in [0.717, 1.165) is 47.3 Å². The monoisotopic (exact) mass is 350 g/mol. The summed E-state index contributed by atoms with van der Waals surface area (Å²) in [6.45, 7) is 9.17. The van der Waals surface area contributed by atoms with Gasteiger partial charge in [0.15, 0.2) is 5.78 Å². The zero-order valence-corrected chi connectivity index (χ0v) is 16.7. The summed E-state index contributed by atoms with van der Waals surface area (Å²) in [5.41, 5.74) is 6.12. The summed E-state index contributed by atoms with van der Waals surface area (Å²) >= 11 is 0. The predicted molar refractivity (Wildman–Crippen MR) is 111 cm³/mol. The van der Waals surface area contributed by atoms with Gasteiger partial charge in [-0.1, -0.05) is 37.6 Å². The van der Waals surface area contributed by atoms with Crippen molar-refractivity contribution in [3.63, 3.8) is 0 Å². The smallest absolute Gasteiger partial charge is 0.167 e. The summed E-state index contributed by atoms with van der Waals surface area (Å²) in [5.74, 6) is 0.162. The van der Waals surface area contributed by atoms with Crippen LogP contribution in [0.5, 0.6) is 0 Å². The summed E-state index contributed by atoms with van der Waals surface area (Å²) < 4.78 is 0. The molecule has 0 saturated carbocycles. The molecule has 2 aromatic carbocycles. The molecule has 0 aromatic heterocycles. The van der Waals surface area contributed by atoms with Crippen LogP contribution in [0.1, 0.15) is 52.9 Å². The largest absolute Gasteiger partial charge is 0.366 e. The van der Waals surface area contributed by atoms with Crippen molar-refractivity contribution in [2.75, 3.05) is 13.6 Å². The highest BCUT2D eigenvalue weighted by atomic mass is 16.1. The fourth-order valence-corrected chi connectivity index (χ4v) is 2.88. The second-order valence-corrected chi connectivity index (χ2v) is 6.94. The summed E-state index contributed by atoms with van der Waals surface area (Å²) in [6.07, 6.45) is 4.50. The van der Waals surface area contributed by atoms with Gasteiger partial charge in [-0.25, -0.2) is 4.99 Å². The standard InChI is InChI=1S/C23H30N2O/c1-6-8-19-9-11-20(12-10-19)15-23(26)21-13-18(4)22(14-17(21)3)24-16-25(5)7-2/h9-14,16H,6-8,15H2,1-5H3. The molecule has 0 spiro atoms. The van der Waals surface area contributed by atoms with Gasteiger partial charge in [0, 0.05) is 25.6 Å². The van der Waals surface area contributed by atoms with Crippen LogP contribution < -0.4 is 0 Å². The van der Waals surface area contributed by atoms with Crippen LogP contribution in [0, 0.1) is 13.8 Å². The van der Waals surface area contributed by atoms with E-state index in [0.29, 0.717) is 6.42 Å². The van der Waals surface area contributed by atoms with Crippen molar-refractivity contribution >= 4 is 17.8 Å². The second-order valence-electron chi connectivity index (χ2n) is 6.94. The van der Waals surface area contributed by atoms with Crippen molar-refractivity contribution in [1.29, 1.82) is 0 Å². The molecule has 0 bridgehead atoms. The number of ketones is 1. The number of aryl methyl sites for hydroxylation is 3. The SMILES string of the molecule is CCCc1ccc(CC(=O)c2cc(C)c(N=CN(C)CC)cc2C)cc1. The van der Waals surface area contributed by atoms with Gasteiger partial charge in [0.05, 0.1) is 12.0 Å². The fourth-order valence-electron chi connectivity index (χ4n) is 2.88. The first-order valence-corrected chi connectivity index (χ1v) is 9.41. The van der Waals surface area contributed by atoms with E-state index in [1.54, 1.807) is 0 Å². The van der Waals surface area contributed by atoms with E-state index < -0.39 is 0 Å². The highest BCUT2D eigenvalue weighted by Gasteiger charge is 2.12. The number of aliphatic imine (C=N–C) groups is 1. The van der Waals surface area contributed by atoms with Gasteiger partial charge in [-0.15, -0.1) is 0 Å². The van der Waals surface area contributed by atoms with Crippen molar-refractivity contribution in [3.8, 4) is 0 Å². The van der Waals surface area contributed by atoms with Crippen LogP contribution in [0.4, 0.5) is 5.69 Å². The predicted octanol–water partition coefficient (Wildman–Crippen LogP) is 5.29. The third-order valence-electron chi connectivity index (χ3n) is 4.66. The van der Waals surface area contributed by atoms with Crippen LogP contribution in [0.25, 0.3) is 0 Å². The average Bonchev–Trinajstić information content (AvgIpc) is 2.63. The Morgan fingerprint density at radius 2 is 1.69 bits per heavy atom. The lowest BCUT2D eigenvalue weighted by atomic mass is 9.96. The van der Waals surface area contributed by atoms with E-state index in [9.17, 15) is 4.79 Å². The molecule has 0 aliphatic carbocycles. The molecule has 0 fully saturated rings. The van der Waals surface area contributed by atoms with Crippen LogP contribution in [-0.4, -0.2) is 30.6 Å². The molecule has 3 heteroatoms. The average molecular weight is 351 g/mol. The molecule has 26 heavy (non-hydrogen) atoms. The molecule has 138 valence electrons. The number of rotatable bonds is 8. The molecule has 0 N–H and O–H groups in total. The Bertz CT molecular complexity index is 776. The van der Waals surface area contributed by atoms with Crippen molar-refractivity contribution in [3.05, 3.63) is 64.2 Å². The Hall–Kier alpha value is -2.42. The first-order chi connectivity index (χ1) is 12.4. The zero-order chi connectivity index (χ0) is 19.1. The molecule has 2 rings (SSSR count). The zero-order valence-electron chi connectivity index (χ0n) is 16.7. The van der Waals surface area contributed by atoms with Gasteiger partial charge >= 0.3 is 0 Å². The third kappa shape index (κ3) is 5.29. The van der Waals surface area contributed by atoms with E-state index in [4.69, 9.17) is 0 Å². The first-order valence-electron chi connectivity index (χ1n) is 9.41. The van der Waals surface area contributed by atoms with Crippen LogP contribution >= 0.6 is 0 Å². The van der Waals surface area contributed by atoms with Crippen LogP contribution in [0.3, 0.4) is 0 Å². The molecule has 0 aliphatic heterocycles. The topological polar surface area (TPSA) is 32.7 Å². The van der Waals surface area contributed by atoms with E-state index in [1.165, 1.54) is 5.56 Å². The maximum Gasteiger partial charge on any atom is 0.167 e. The Morgan fingerprint density at radius 3 is 2.31 bits per heavy atom. The van der Waals surface area contributed by atoms with Crippen molar-refractivity contribution in [1.82, 2.24) is 4.90 Å². The first kappa shape index (κ1) is 19.9. The van der Waals surface area contributed by atoms with E-state index >= 15 is 0 Å². The molecular formula is C23H30N2O. The van der Waals surface area contributed by atoms with E-state index in [2.05, 4.69) is 43.1 Å². The number of benzene rings is 2. The maximum atomic E-state index is 12.8. The van der Waals surface area contributed by atoms with Gasteiger partial charge in [-0.05, 0) is 61.6 Å². The number of hydrogen-bond donors (Lipinski definition) is 0. The van der Waals surface area contributed by atoms with Gasteiger partial charge < -0.3 is 4.90 Å². The van der Waals surface area contributed by atoms with Crippen LogP contribution in [0.15, 0.2) is 41.4 Å². The highest BCUT2D eigenvalue weighted by molar-refractivity contribution is 5.99. The molecule has 0 unspecified atom stereocenters. The summed E-state index contributed by atoms with van der Waals surface area (Å²) in [7, 11) is 2.00. The summed E-state index contributed by atoms with van der Waals surface area (Å²) in [6, 6.07) is 12.4. The normalized spacial score (nSPS) is 11.1. The molecular weight excluding hydrogens is 320 g/mol. The van der Waals surface area contributed by atoms with Crippen molar-refractivity contribution in [2.45, 2.75) is 47.0 Å². The van der Waals surface area contributed by atoms with Crippen LogP contribution in [-0.2, 0) is 12.8 Å². The lowest BCUT2D eigenvalue weighted by molar-refractivity contribution is 0.0992. The van der Waals surface area contributed by atoms with Gasteiger partial charge in [0.2, 0.25) is 0 Å². The van der Waals surface area contributed by atoms with Crippen LogP contribution in [0.2, 0.25) is 0 Å². The Balaban J connectivity index is 2.16. The molecule has 0 atom stereocenters. The molecule has 0 amide bonds. The van der Waals surface area contributed by atoms with E-state index in [1.807, 2.05) is 44.3 Å².